The monoisotopic (exact) mass is 264 g/mol. The van der Waals surface area contributed by atoms with E-state index in [1.807, 2.05) is 0 Å². The van der Waals surface area contributed by atoms with Gasteiger partial charge < -0.3 is 4.74 Å². The third-order valence-electron chi connectivity index (χ3n) is 2.41. The SMILES string of the molecule is CCOC(=O)c1cn(-c2cnn(C)c2)c(=O)[nH]c1=O. The Balaban J connectivity index is 2.57. The minimum atomic E-state index is -0.776. The molecule has 0 spiro atoms. The maximum absolute atomic E-state index is 11.7. The van der Waals surface area contributed by atoms with Crippen LogP contribution < -0.4 is 11.2 Å². The zero-order chi connectivity index (χ0) is 14.0. The van der Waals surface area contributed by atoms with Gasteiger partial charge in [0, 0.05) is 19.4 Å². The number of carbonyl (C=O) groups excluding carboxylic acids is 1. The van der Waals surface area contributed by atoms with Gasteiger partial charge in [0.15, 0.2) is 0 Å². The fourth-order valence-electron chi connectivity index (χ4n) is 1.55. The van der Waals surface area contributed by atoms with Crippen molar-refractivity contribution in [1.29, 1.82) is 0 Å². The van der Waals surface area contributed by atoms with Crippen molar-refractivity contribution in [2.24, 2.45) is 7.05 Å². The summed E-state index contributed by atoms with van der Waals surface area (Å²) >= 11 is 0. The first-order valence-corrected chi connectivity index (χ1v) is 5.55. The highest BCUT2D eigenvalue weighted by Gasteiger charge is 2.15. The summed E-state index contributed by atoms with van der Waals surface area (Å²) in [5, 5.41) is 3.92. The van der Waals surface area contributed by atoms with E-state index >= 15 is 0 Å². The average molecular weight is 264 g/mol. The maximum atomic E-state index is 11.7. The van der Waals surface area contributed by atoms with Gasteiger partial charge in [-0.15, -0.1) is 0 Å². The summed E-state index contributed by atoms with van der Waals surface area (Å²) < 4.78 is 7.37. The number of esters is 1. The molecule has 0 aliphatic heterocycles. The molecule has 100 valence electrons. The molecule has 19 heavy (non-hydrogen) atoms. The van der Waals surface area contributed by atoms with Gasteiger partial charge in [-0.25, -0.2) is 9.59 Å². The van der Waals surface area contributed by atoms with Crippen LogP contribution in [0.4, 0.5) is 0 Å². The van der Waals surface area contributed by atoms with Crippen LogP contribution in [0.25, 0.3) is 5.69 Å². The Labute approximate surface area is 107 Å². The van der Waals surface area contributed by atoms with Crippen molar-refractivity contribution in [1.82, 2.24) is 19.3 Å². The Morgan fingerprint density at radius 3 is 2.74 bits per heavy atom. The molecule has 2 heterocycles. The van der Waals surface area contributed by atoms with E-state index in [1.165, 1.54) is 10.9 Å². The molecular formula is C11H12N4O4. The Morgan fingerprint density at radius 1 is 1.42 bits per heavy atom. The predicted octanol–water partition coefficient (Wildman–Crippen LogP) is -0.564. The number of H-pyrrole nitrogens is 1. The fourth-order valence-corrected chi connectivity index (χ4v) is 1.55. The van der Waals surface area contributed by atoms with E-state index in [0.717, 1.165) is 10.8 Å². The highest BCUT2D eigenvalue weighted by atomic mass is 16.5. The van der Waals surface area contributed by atoms with Gasteiger partial charge in [-0.1, -0.05) is 0 Å². The van der Waals surface area contributed by atoms with Gasteiger partial charge in [0.05, 0.1) is 18.5 Å². The third kappa shape index (κ3) is 2.46. The first-order valence-electron chi connectivity index (χ1n) is 5.55. The van der Waals surface area contributed by atoms with Crippen LogP contribution >= 0.6 is 0 Å². The third-order valence-corrected chi connectivity index (χ3v) is 2.41. The number of ether oxygens (including phenoxy) is 1. The molecule has 0 atom stereocenters. The lowest BCUT2D eigenvalue weighted by molar-refractivity contribution is 0.0523. The first-order chi connectivity index (χ1) is 9.02. The molecule has 0 aliphatic rings. The second kappa shape index (κ2) is 4.92. The van der Waals surface area contributed by atoms with Crippen molar-refractivity contribution in [3.05, 3.63) is 45.0 Å². The molecule has 0 bridgehead atoms. The number of aromatic amines is 1. The van der Waals surface area contributed by atoms with Gasteiger partial charge >= 0.3 is 11.7 Å². The average Bonchev–Trinajstić information content (AvgIpc) is 2.76. The molecule has 2 aromatic rings. The van der Waals surface area contributed by atoms with Crippen LogP contribution in [0, 0.1) is 0 Å². The van der Waals surface area contributed by atoms with Crippen molar-refractivity contribution < 1.29 is 9.53 Å². The molecule has 0 radical (unpaired) electrons. The lowest BCUT2D eigenvalue weighted by atomic mass is 10.3. The summed E-state index contributed by atoms with van der Waals surface area (Å²) in [5.41, 5.74) is -1.21. The summed E-state index contributed by atoms with van der Waals surface area (Å²) in [4.78, 5) is 36.9. The van der Waals surface area contributed by atoms with Crippen LogP contribution in [0.5, 0.6) is 0 Å². The van der Waals surface area contributed by atoms with Crippen LogP contribution in [-0.4, -0.2) is 31.9 Å². The molecule has 8 heteroatoms. The maximum Gasteiger partial charge on any atom is 0.345 e. The summed E-state index contributed by atoms with van der Waals surface area (Å²) in [6.45, 7) is 1.77. The van der Waals surface area contributed by atoms with Gasteiger partial charge in [0.2, 0.25) is 0 Å². The van der Waals surface area contributed by atoms with Gasteiger partial charge in [0.25, 0.3) is 5.56 Å². The molecule has 2 aromatic heterocycles. The Hall–Kier alpha value is -2.64. The van der Waals surface area contributed by atoms with Crippen molar-refractivity contribution in [3.63, 3.8) is 0 Å². The molecule has 0 fully saturated rings. The van der Waals surface area contributed by atoms with E-state index in [-0.39, 0.29) is 12.2 Å². The molecule has 1 N–H and O–H groups in total. The molecule has 0 aliphatic carbocycles. The van der Waals surface area contributed by atoms with E-state index in [4.69, 9.17) is 4.74 Å². The molecule has 8 nitrogen and oxygen atoms in total. The van der Waals surface area contributed by atoms with Gasteiger partial charge in [0.1, 0.15) is 5.56 Å². The van der Waals surface area contributed by atoms with Crippen molar-refractivity contribution >= 4 is 5.97 Å². The van der Waals surface area contributed by atoms with E-state index < -0.39 is 17.2 Å². The molecular weight excluding hydrogens is 252 g/mol. The molecule has 0 saturated heterocycles. The first kappa shape index (κ1) is 12.8. The smallest absolute Gasteiger partial charge is 0.345 e. The molecule has 0 aromatic carbocycles. The van der Waals surface area contributed by atoms with Crippen LogP contribution in [0.2, 0.25) is 0 Å². The Bertz CT molecular complexity index is 725. The highest BCUT2D eigenvalue weighted by molar-refractivity contribution is 5.88. The van der Waals surface area contributed by atoms with Gasteiger partial charge in [-0.3, -0.25) is 19.0 Å². The van der Waals surface area contributed by atoms with Crippen LogP contribution in [-0.2, 0) is 11.8 Å². The van der Waals surface area contributed by atoms with E-state index in [0.29, 0.717) is 5.69 Å². The number of aryl methyl sites for hydroxylation is 1. The molecule has 0 amide bonds. The minimum absolute atomic E-state index is 0.143. The summed E-state index contributed by atoms with van der Waals surface area (Å²) in [7, 11) is 1.69. The lowest BCUT2D eigenvalue weighted by Crippen LogP contribution is -2.32. The van der Waals surface area contributed by atoms with Crippen molar-refractivity contribution in [3.8, 4) is 5.69 Å². The second-order valence-corrected chi connectivity index (χ2v) is 3.76. The lowest BCUT2D eigenvalue weighted by Gasteiger charge is -2.04. The zero-order valence-electron chi connectivity index (χ0n) is 10.4. The molecule has 0 saturated carbocycles. The molecule has 0 unspecified atom stereocenters. The summed E-state index contributed by atoms with van der Waals surface area (Å²) in [6, 6.07) is 0. The van der Waals surface area contributed by atoms with Crippen molar-refractivity contribution in [2.75, 3.05) is 6.61 Å². The zero-order valence-corrected chi connectivity index (χ0v) is 10.4. The second-order valence-electron chi connectivity index (χ2n) is 3.76. The Kier molecular flexibility index (Phi) is 3.32. The predicted molar refractivity (Wildman–Crippen MR) is 65.4 cm³/mol. The van der Waals surface area contributed by atoms with Crippen molar-refractivity contribution in [2.45, 2.75) is 6.92 Å². The number of nitrogens with one attached hydrogen (secondary N) is 1. The van der Waals surface area contributed by atoms with E-state index in [9.17, 15) is 14.4 Å². The number of aromatic nitrogens is 4. The van der Waals surface area contributed by atoms with Crippen LogP contribution in [0.1, 0.15) is 17.3 Å². The normalized spacial score (nSPS) is 10.4. The number of nitrogens with zero attached hydrogens (tertiary/aromatic N) is 3. The van der Waals surface area contributed by atoms with E-state index in [1.54, 1.807) is 20.2 Å². The highest BCUT2D eigenvalue weighted by Crippen LogP contribution is 2.02. The summed E-state index contributed by atoms with van der Waals surface area (Å²) in [5.74, 6) is -0.776. The standard InChI is InChI=1S/C11H12N4O4/c1-3-19-10(17)8-6-15(11(18)13-9(8)16)7-4-12-14(2)5-7/h4-6H,3H2,1-2H3,(H,13,16,18). The van der Waals surface area contributed by atoms with Gasteiger partial charge in [-0.2, -0.15) is 5.10 Å². The van der Waals surface area contributed by atoms with Crippen LogP contribution in [0.15, 0.2) is 28.2 Å². The molecule has 2 rings (SSSR count). The minimum Gasteiger partial charge on any atom is -0.462 e. The fraction of sp³-hybridized carbons (Fsp3) is 0.273. The topological polar surface area (TPSA) is 99.0 Å². The van der Waals surface area contributed by atoms with Gasteiger partial charge in [-0.05, 0) is 6.92 Å². The number of hydrogen-bond donors (Lipinski definition) is 1. The number of hydrogen-bond acceptors (Lipinski definition) is 5. The Morgan fingerprint density at radius 2 is 2.16 bits per heavy atom. The quantitative estimate of drug-likeness (QED) is 0.749. The van der Waals surface area contributed by atoms with E-state index in [2.05, 4.69) is 10.1 Å². The number of carbonyl (C=O) groups is 1. The van der Waals surface area contributed by atoms with Crippen LogP contribution in [0.3, 0.4) is 0 Å². The summed E-state index contributed by atoms with van der Waals surface area (Å²) in [6.07, 6.45) is 4.17. The largest absolute Gasteiger partial charge is 0.462 e. The number of rotatable bonds is 3.